The van der Waals surface area contributed by atoms with E-state index in [-0.39, 0.29) is 5.54 Å². The van der Waals surface area contributed by atoms with Crippen LogP contribution in [0.5, 0.6) is 0 Å². The highest BCUT2D eigenvalue weighted by Gasteiger charge is 2.22. The van der Waals surface area contributed by atoms with E-state index in [4.69, 9.17) is 17.3 Å². The van der Waals surface area contributed by atoms with Gasteiger partial charge in [0.1, 0.15) is 0 Å². The lowest BCUT2D eigenvalue weighted by atomic mass is 9.92. The molecule has 1 atom stereocenters. The zero-order valence-electron chi connectivity index (χ0n) is 11.4. The molecule has 2 aromatic carbocycles. The molecule has 0 aliphatic heterocycles. The van der Waals surface area contributed by atoms with Crippen LogP contribution >= 0.6 is 27.5 Å². The summed E-state index contributed by atoms with van der Waals surface area (Å²) in [6, 6.07) is 16.0. The maximum atomic E-state index is 5.97. The van der Waals surface area contributed by atoms with Crippen LogP contribution in [0.25, 0.3) is 0 Å². The van der Waals surface area contributed by atoms with Crippen molar-refractivity contribution in [3.8, 4) is 0 Å². The first-order valence-electron chi connectivity index (χ1n) is 6.49. The Morgan fingerprint density at radius 2 is 1.90 bits per heavy atom. The maximum Gasteiger partial charge on any atom is 0.0507 e. The first-order chi connectivity index (χ1) is 9.50. The topological polar surface area (TPSA) is 38.0 Å². The lowest BCUT2D eigenvalue weighted by Gasteiger charge is -2.31. The minimum atomic E-state index is -0.200. The van der Waals surface area contributed by atoms with Crippen molar-refractivity contribution in [1.82, 2.24) is 0 Å². The molecule has 2 nitrogen and oxygen atoms in total. The number of anilines is 1. The first-order valence-corrected chi connectivity index (χ1v) is 7.66. The van der Waals surface area contributed by atoms with Crippen molar-refractivity contribution in [1.29, 1.82) is 0 Å². The summed E-state index contributed by atoms with van der Waals surface area (Å²) in [5.41, 5.74) is 8.04. The predicted octanol–water partition coefficient (Wildman–Crippen LogP) is 4.47. The van der Waals surface area contributed by atoms with E-state index in [1.54, 1.807) is 0 Å². The number of rotatable bonds is 5. The van der Waals surface area contributed by atoms with Gasteiger partial charge in [0.2, 0.25) is 0 Å². The van der Waals surface area contributed by atoms with E-state index in [1.165, 1.54) is 5.56 Å². The van der Waals surface area contributed by atoms with E-state index >= 15 is 0 Å². The highest BCUT2D eigenvalue weighted by Crippen LogP contribution is 2.22. The van der Waals surface area contributed by atoms with Gasteiger partial charge in [0, 0.05) is 21.7 Å². The summed E-state index contributed by atoms with van der Waals surface area (Å²) in [4.78, 5) is 0. The summed E-state index contributed by atoms with van der Waals surface area (Å²) < 4.78 is 1.05. The predicted molar refractivity (Wildman–Crippen MR) is 90.4 cm³/mol. The molecule has 4 heteroatoms. The highest BCUT2D eigenvalue weighted by molar-refractivity contribution is 9.10. The Kier molecular flexibility index (Phi) is 5.08. The number of halogens is 2. The zero-order valence-corrected chi connectivity index (χ0v) is 13.7. The fourth-order valence-electron chi connectivity index (χ4n) is 2.13. The molecule has 0 aliphatic carbocycles. The van der Waals surface area contributed by atoms with Gasteiger partial charge in [0.25, 0.3) is 0 Å². The smallest absolute Gasteiger partial charge is 0.0507 e. The van der Waals surface area contributed by atoms with Crippen molar-refractivity contribution in [2.45, 2.75) is 18.9 Å². The summed E-state index contributed by atoms with van der Waals surface area (Å²) >= 11 is 9.40. The van der Waals surface area contributed by atoms with Crippen LogP contribution in [0.15, 0.2) is 53.0 Å². The number of nitrogens with one attached hydrogen (secondary N) is 1. The van der Waals surface area contributed by atoms with E-state index in [2.05, 4.69) is 34.2 Å². The molecule has 0 spiro atoms. The average Bonchev–Trinajstić information content (AvgIpc) is 2.41. The van der Waals surface area contributed by atoms with Gasteiger partial charge >= 0.3 is 0 Å². The third kappa shape index (κ3) is 4.23. The molecule has 0 fully saturated rings. The van der Waals surface area contributed by atoms with Crippen LogP contribution in [-0.2, 0) is 6.42 Å². The Bertz CT molecular complexity index is 571. The maximum absolute atomic E-state index is 5.97. The molecule has 0 aromatic heterocycles. The molecule has 0 heterocycles. The highest BCUT2D eigenvalue weighted by atomic mass is 79.9. The van der Waals surface area contributed by atoms with Gasteiger partial charge in [0.15, 0.2) is 0 Å². The molecule has 2 aromatic rings. The van der Waals surface area contributed by atoms with Crippen LogP contribution in [0.2, 0.25) is 5.02 Å². The van der Waals surface area contributed by atoms with Crippen molar-refractivity contribution in [3.05, 3.63) is 63.6 Å². The fraction of sp³-hybridized carbons (Fsp3) is 0.250. The van der Waals surface area contributed by atoms with Gasteiger partial charge in [-0.15, -0.1) is 0 Å². The van der Waals surface area contributed by atoms with Crippen LogP contribution in [0.4, 0.5) is 5.69 Å². The third-order valence-corrected chi connectivity index (χ3v) is 3.97. The summed E-state index contributed by atoms with van der Waals surface area (Å²) in [6.07, 6.45) is 0.840. The zero-order chi connectivity index (χ0) is 14.6. The monoisotopic (exact) mass is 352 g/mol. The normalized spacial score (nSPS) is 13.8. The Balaban J connectivity index is 2.14. The average molecular weight is 354 g/mol. The Morgan fingerprint density at radius 3 is 2.50 bits per heavy atom. The van der Waals surface area contributed by atoms with E-state index in [0.29, 0.717) is 6.54 Å². The SMILES string of the molecule is CC(CN)(Cc1ccc(Cl)cc1)Nc1cccc(Br)c1. The van der Waals surface area contributed by atoms with Gasteiger partial charge in [-0.2, -0.15) is 0 Å². The number of nitrogens with two attached hydrogens (primary N) is 1. The van der Waals surface area contributed by atoms with Crippen LogP contribution < -0.4 is 11.1 Å². The molecule has 0 amide bonds. The van der Waals surface area contributed by atoms with Crippen LogP contribution in [0.1, 0.15) is 12.5 Å². The van der Waals surface area contributed by atoms with Crippen LogP contribution in [0, 0.1) is 0 Å². The van der Waals surface area contributed by atoms with E-state index in [0.717, 1.165) is 21.6 Å². The van der Waals surface area contributed by atoms with E-state index in [1.807, 2.05) is 42.5 Å². The Hall–Kier alpha value is -1.03. The molecular weight excluding hydrogens is 336 g/mol. The molecule has 0 aliphatic rings. The van der Waals surface area contributed by atoms with Crippen LogP contribution in [0.3, 0.4) is 0 Å². The van der Waals surface area contributed by atoms with Gasteiger partial charge in [-0.1, -0.05) is 45.7 Å². The standard InChI is InChI=1S/C16H18BrClN2/c1-16(11-19,10-12-5-7-14(18)8-6-12)20-15-4-2-3-13(17)9-15/h2-9,20H,10-11,19H2,1H3. The van der Waals surface area contributed by atoms with E-state index in [9.17, 15) is 0 Å². The molecular formula is C16H18BrClN2. The minimum absolute atomic E-state index is 0.200. The van der Waals surface area contributed by atoms with Gasteiger partial charge in [0.05, 0.1) is 5.54 Å². The summed E-state index contributed by atoms with van der Waals surface area (Å²) in [5.74, 6) is 0. The number of hydrogen-bond donors (Lipinski definition) is 2. The van der Waals surface area contributed by atoms with Crippen molar-refractivity contribution in [3.63, 3.8) is 0 Å². The van der Waals surface area contributed by atoms with Gasteiger partial charge in [-0.05, 0) is 49.2 Å². The van der Waals surface area contributed by atoms with Gasteiger partial charge < -0.3 is 11.1 Å². The van der Waals surface area contributed by atoms with Crippen LogP contribution in [-0.4, -0.2) is 12.1 Å². The molecule has 0 radical (unpaired) electrons. The van der Waals surface area contributed by atoms with E-state index < -0.39 is 0 Å². The second-order valence-corrected chi connectivity index (χ2v) is 6.56. The fourth-order valence-corrected chi connectivity index (χ4v) is 2.66. The molecule has 20 heavy (non-hydrogen) atoms. The molecule has 1 unspecified atom stereocenters. The summed E-state index contributed by atoms with van der Waals surface area (Å²) in [7, 11) is 0. The van der Waals surface area contributed by atoms with Crippen molar-refractivity contribution < 1.29 is 0 Å². The molecule has 3 N–H and O–H groups in total. The Labute approximate surface area is 133 Å². The largest absolute Gasteiger partial charge is 0.378 e. The second-order valence-electron chi connectivity index (χ2n) is 5.20. The number of hydrogen-bond acceptors (Lipinski definition) is 2. The van der Waals surface area contributed by atoms with Crippen molar-refractivity contribution in [2.75, 3.05) is 11.9 Å². The lowest BCUT2D eigenvalue weighted by molar-refractivity contribution is 0.521. The lowest BCUT2D eigenvalue weighted by Crippen LogP contribution is -2.44. The van der Waals surface area contributed by atoms with Gasteiger partial charge in [-0.3, -0.25) is 0 Å². The molecule has 2 rings (SSSR count). The van der Waals surface area contributed by atoms with Crippen molar-refractivity contribution in [2.24, 2.45) is 5.73 Å². The second kappa shape index (κ2) is 6.61. The Morgan fingerprint density at radius 1 is 1.20 bits per heavy atom. The summed E-state index contributed by atoms with van der Waals surface area (Å²) in [6.45, 7) is 2.67. The molecule has 106 valence electrons. The third-order valence-electron chi connectivity index (χ3n) is 3.23. The molecule has 0 saturated heterocycles. The first kappa shape index (κ1) is 15.4. The summed E-state index contributed by atoms with van der Waals surface area (Å²) in [5, 5.41) is 4.27. The molecule has 0 saturated carbocycles. The van der Waals surface area contributed by atoms with Crippen molar-refractivity contribution >= 4 is 33.2 Å². The quantitative estimate of drug-likeness (QED) is 0.832. The minimum Gasteiger partial charge on any atom is -0.378 e. The number of benzene rings is 2. The van der Waals surface area contributed by atoms with Gasteiger partial charge in [-0.25, -0.2) is 0 Å². The molecule has 0 bridgehead atoms.